The Morgan fingerprint density at radius 3 is 2.21 bits per heavy atom. The molecule has 3 heteroatoms. The number of hydrogen-bond acceptors (Lipinski definition) is 1. The third-order valence-corrected chi connectivity index (χ3v) is 6.64. The van der Waals surface area contributed by atoms with Crippen molar-refractivity contribution in [1.29, 1.82) is 0 Å². The third-order valence-electron chi connectivity index (χ3n) is 6.64. The molecule has 0 atom stereocenters. The Balaban J connectivity index is 1.52. The van der Waals surface area contributed by atoms with E-state index in [0.717, 1.165) is 38.6 Å². The van der Waals surface area contributed by atoms with E-state index in [4.69, 9.17) is 0 Å². The van der Waals surface area contributed by atoms with E-state index in [1.54, 1.807) is 0 Å². The number of fused-ring (bicyclic) bond motifs is 1. The van der Waals surface area contributed by atoms with Gasteiger partial charge in [-0.25, -0.2) is 9.13 Å². The van der Waals surface area contributed by atoms with Crippen molar-refractivity contribution in [2.24, 2.45) is 0 Å². The maximum atomic E-state index is 11.7. The Morgan fingerprint density at radius 2 is 1.45 bits per heavy atom. The second kappa shape index (κ2) is 7.98. The summed E-state index contributed by atoms with van der Waals surface area (Å²) >= 11 is 0. The van der Waals surface area contributed by atoms with Crippen LogP contribution in [0.4, 0.5) is 0 Å². The molecule has 1 aliphatic heterocycles. The highest BCUT2D eigenvalue weighted by Gasteiger charge is 2.32. The Kier molecular flexibility index (Phi) is 5.05. The number of carbonyl (C=O) groups excluding carboxylic acids is 1. The molecule has 29 heavy (non-hydrogen) atoms. The van der Waals surface area contributed by atoms with Crippen molar-refractivity contribution in [3.05, 3.63) is 66.6 Å². The summed E-state index contributed by atoms with van der Waals surface area (Å²) in [7, 11) is 0. The number of Topliss-reactive ketones (excluding diaryl/α,β-unsaturated/α-hetero) is 1. The predicted octanol–water partition coefficient (Wildman–Crippen LogP) is 5.52. The molecule has 0 N–H and O–H groups in total. The fraction of sp³-hybridized carbons (Fsp3) is 0.385. The number of carbonyl (C=O) groups is 1. The number of aromatic nitrogens is 2. The van der Waals surface area contributed by atoms with Gasteiger partial charge in [0.05, 0.1) is 6.54 Å². The smallest absolute Gasteiger partial charge is 0.257 e. The summed E-state index contributed by atoms with van der Waals surface area (Å²) in [6.45, 7) is 1.10. The van der Waals surface area contributed by atoms with Crippen LogP contribution in [0.2, 0.25) is 0 Å². The van der Waals surface area contributed by atoms with Gasteiger partial charge in [-0.05, 0) is 55.4 Å². The minimum atomic E-state index is 0.434. The fourth-order valence-corrected chi connectivity index (χ4v) is 5.01. The monoisotopic (exact) mass is 385 g/mol. The van der Waals surface area contributed by atoms with Crippen LogP contribution in [-0.4, -0.2) is 10.4 Å². The molecule has 3 aromatic rings. The summed E-state index contributed by atoms with van der Waals surface area (Å²) in [6.07, 6.45) is 10.8. The highest BCUT2D eigenvalue weighted by atomic mass is 16.1. The predicted molar refractivity (Wildman–Crippen MR) is 116 cm³/mol. The summed E-state index contributed by atoms with van der Waals surface area (Å²) < 4.78 is 5.08. The molecule has 5 rings (SSSR count). The van der Waals surface area contributed by atoms with Crippen molar-refractivity contribution in [1.82, 2.24) is 4.57 Å². The van der Waals surface area contributed by atoms with Crippen LogP contribution in [0.3, 0.4) is 0 Å². The molecule has 0 spiro atoms. The lowest BCUT2D eigenvalue weighted by Gasteiger charge is -2.19. The average molecular weight is 386 g/mol. The highest BCUT2D eigenvalue weighted by Crippen LogP contribution is 2.31. The molecular weight excluding hydrogens is 356 g/mol. The van der Waals surface area contributed by atoms with Gasteiger partial charge in [0.25, 0.3) is 5.82 Å². The molecule has 148 valence electrons. The zero-order chi connectivity index (χ0) is 19.6. The van der Waals surface area contributed by atoms with Crippen LogP contribution in [0.5, 0.6) is 0 Å². The first-order valence-corrected chi connectivity index (χ1v) is 11.1. The number of hydrogen-bond donors (Lipinski definition) is 0. The first kappa shape index (κ1) is 18.4. The van der Waals surface area contributed by atoms with Crippen molar-refractivity contribution in [2.75, 3.05) is 0 Å². The molecule has 1 saturated carbocycles. The van der Waals surface area contributed by atoms with Gasteiger partial charge in [-0.1, -0.05) is 42.5 Å². The molecule has 1 aromatic heterocycles. The minimum absolute atomic E-state index is 0.434. The van der Waals surface area contributed by atoms with Gasteiger partial charge in [0.15, 0.2) is 5.69 Å². The van der Waals surface area contributed by atoms with Crippen molar-refractivity contribution >= 4 is 5.78 Å². The van der Waals surface area contributed by atoms with Crippen LogP contribution >= 0.6 is 0 Å². The van der Waals surface area contributed by atoms with Crippen molar-refractivity contribution in [3.63, 3.8) is 0 Å². The summed E-state index contributed by atoms with van der Waals surface area (Å²) in [6, 6.07) is 20.1. The molecule has 1 fully saturated rings. The van der Waals surface area contributed by atoms with E-state index in [0.29, 0.717) is 11.8 Å². The first-order valence-electron chi connectivity index (χ1n) is 11.1. The second-order valence-corrected chi connectivity index (χ2v) is 8.51. The van der Waals surface area contributed by atoms with Crippen LogP contribution in [0.25, 0.3) is 22.4 Å². The zero-order valence-corrected chi connectivity index (χ0v) is 17.0. The van der Waals surface area contributed by atoms with Gasteiger partial charge in [0, 0.05) is 24.8 Å². The average Bonchev–Trinajstić information content (AvgIpc) is 2.96. The molecule has 0 bridgehead atoms. The van der Waals surface area contributed by atoms with Crippen LogP contribution in [0, 0.1) is 0 Å². The van der Waals surface area contributed by atoms with Crippen LogP contribution in [0.1, 0.15) is 56.8 Å². The van der Waals surface area contributed by atoms with Gasteiger partial charge in [-0.2, -0.15) is 0 Å². The van der Waals surface area contributed by atoms with Crippen LogP contribution < -0.4 is 4.57 Å². The van der Waals surface area contributed by atoms with Crippen molar-refractivity contribution in [3.8, 4) is 22.4 Å². The molecule has 0 radical (unpaired) electrons. The summed E-state index contributed by atoms with van der Waals surface area (Å²) in [5.74, 6) is 1.90. The molecule has 2 aromatic carbocycles. The third kappa shape index (κ3) is 3.66. The lowest BCUT2D eigenvalue weighted by Crippen LogP contribution is -2.39. The van der Waals surface area contributed by atoms with Crippen LogP contribution in [-0.2, 0) is 17.8 Å². The van der Waals surface area contributed by atoms with E-state index in [1.807, 2.05) is 0 Å². The number of rotatable bonds is 3. The Hall–Kier alpha value is -2.68. The number of nitrogens with zero attached hydrogens (tertiary/aromatic N) is 2. The SMILES string of the molecule is O=C1CCC(n2cc(-c3ccc(-c4ccccc4)cc3)[n+]3c2CCCCC3)CC1. The molecule has 0 amide bonds. The fourth-order valence-electron chi connectivity index (χ4n) is 5.01. The molecular formula is C26H29N2O+. The maximum absolute atomic E-state index is 11.7. The van der Waals surface area contributed by atoms with Gasteiger partial charge in [0.2, 0.25) is 0 Å². The van der Waals surface area contributed by atoms with Gasteiger partial charge in [-0.3, -0.25) is 4.79 Å². The first-order chi connectivity index (χ1) is 14.3. The van der Waals surface area contributed by atoms with Gasteiger partial charge in [-0.15, -0.1) is 0 Å². The van der Waals surface area contributed by atoms with Crippen LogP contribution in [0.15, 0.2) is 60.8 Å². The molecule has 0 saturated heterocycles. The number of benzene rings is 2. The molecule has 3 nitrogen and oxygen atoms in total. The Labute approximate surface area is 173 Å². The van der Waals surface area contributed by atoms with E-state index in [-0.39, 0.29) is 0 Å². The van der Waals surface area contributed by atoms with Gasteiger partial charge in [0.1, 0.15) is 18.0 Å². The molecule has 2 aliphatic rings. The van der Waals surface area contributed by atoms with Crippen molar-refractivity contribution < 1.29 is 9.36 Å². The van der Waals surface area contributed by atoms with Crippen molar-refractivity contribution in [2.45, 2.75) is 64.0 Å². The standard InChI is InChI=1S/C26H29N2O/c29-24-16-14-23(15-17-24)28-19-25(27-18-6-2-5-9-26(27)28)22-12-10-21(11-13-22)20-7-3-1-4-8-20/h1,3-4,7-8,10-13,19,23H,2,5-6,9,14-18H2/q+1. The van der Waals surface area contributed by atoms with E-state index in [2.05, 4.69) is 69.9 Å². The van der Waals surface area contributed by atoms with E-state index >= 15 is 0 Å². The molecule has 1 aliphatic carbocycles. The normalized spacial score (nSPS) is 17.7. The summed E-state index contributed by atoms with van der Waals surface area (Å²) in [5, 5.41) is 0. The van der Waals surface area contributed by atoms with E-state index < -0.39 is 0 Å². The maximum Gasteiger partial charge on any atom is 0.257 e. The summed E-state index contributed by atoms with van der Waals surface area (Å²) in [4.78, 5) is 11.7. The summed E-state index contributed by atoms with van der Waals surface area (Å²) in [5.41, 5.74) is 5.14. The van der Waals surface area contributed by atoms with E-state index in [1.165, 1.54) is 47.5 Å². The Morgan fingerprint density at radius 1 is 0.759 bits per heavy atom. The second-order valence-electron chi connectivity index (χ2n) is 8.51. The lowest BCUT2D eigenvalue weighted by atomic mass is 9.94. The topological polar surface area (TPSA) is 25.9 Å². The number of ketones is 1. The Bertz CT molecular complexity index is 991. The zero-order valence-electron chi connectivity index (χ0n) is 17.0. The minimum Gasteiger partial charge on any atom is -0.300 e. The largest absolute Gasteiger partial charge is 0.300 e. The van der Waals surface area contributed by atoms with Gasteiger partial charge < -0.3 is 0 Å². The molecule has 0 unspecified atom stereocenters. The number of imidazole rings is 1. The highest BCUT2D eigenvalue weighted by molar-refractivity contribution is 5.79. The van der Waals surface area contributed by atoms with Gasteiger partial charge >= 0.3 is 0 Å². The quantitative estimate of drug-likeness (QED) is 0.545. The molecule has 2 heterocycles. The van der Waals surface area contributed by atoms with E-state index in [9.17, 15) is 4.79 Å². The lowest BCUT2D eigenvalue weighted by molar-refractivity contribution is -0.692.